The Balaban J connectivity index is 1.64. The normalized spacial score (nSPS) is 10.5. The molecule has 2 aromatic carbocycles. The lowest BCUT2D eigenvalue weighted by Crippen LogP contribution is -2.07. The minimum absolute atomic E-state index is 0.243. The first-order valence-electron chi connectivity index (χ1n) is 7.34. The van der Waals surface area contributed by atoms with Crippen LogP contribution in [0.1, 0.15) is 11.1 Å². The van der Waals surface area contributed by atoms with E-state index in [0.717, 1.165) is 11.3 Å². The Bertz CT molecular complexity index is 903. The van der Waals surface area contributed by atoms with Gasteiger partial charge in [0.05, 0.1) is 23.5 Å². The molecule has 5 nitrogen and oxygen atoms in total. The van der Waals surface area contributed by atoms with E-state index in [1.54, 1.807) is 41.2 Å². The number of carbonyl (C=O) groups excluding carboxylic acids is 1. The minimum atomic E-state index is -0.243. The summed E-state index contributed by atoms with van der Waals surface area (Å²) in [6.07, 6.45) is 6.69. The largest absolute Gasteiger partial charge is 0.323 e. The van der Waals surface area contributed by atoms with Crippen molar-refractivity contribution in [3.8, 4) is 11.8 Å². The summed E-state index contributed by atoms with van der Waals surface area (Å²) in [6, 6.07) is 18.5. The number of nitrogens with zero attached hydrogens (tertiary/aromatic N) is 3. The van der Waals surface area contributed by atoms with Crippen molar-refractivity contribution < 1.29 is 4.79 Å². The van der Waals surface area contributed by atoms with Gasteiger partial charge in [0.2, 0.25) is 5.91 Å². The van der Waals surface area contributed by atoms with E-state index in [4.69, 9.17) is 5.26 Å². The Morgan fingerprint density at radius 3 is 2.58 bits per heavy atom. The third-order valence-electron chi connectivity index (χ3n) is 3.33. The predicted molar refractivity (Wildman–Crippen MR) is 92.4 cm³/mol. The fraction of sp³-hybridized carbons (Fsp3) is 0. The average Bonchev–Trinajstić information content (AvgIpc) is 3.10. The summed E-state index contributed by atoms with van der Waals surface area (Å²) >= 11 is 0. The van der Waals surface area contributed by atoms with Gasteiger partial charge in [-0.05, 0) is 42.5 Å². The number of anilines is 1. The quantitative estimate of drug-likeness (QED) is 0.750. The predicted octanol–water partition coefficient (Wildman–Crippen LogP) is 3.40. The lowest BCUT2D eigenvalue weighted by Gasteiger charge is -2.01. The van der Waals surface area contributed by atoms with Gasteiger partial charge < -0.3 is 5.32 Å². The molecule has 0 aliphatic rings. The summed E-state index contributed by atoms with van der Waals surface area (Å²) < 4.78 is 1.75. The van der Waals surface area contributed by atoms with Crippen molar-refractivity contribution in [2.75, 3.05) is 5.32 Å². The van der Waals surface area contributed by atoms with Crippen molar-refractivity contribution >= 4 is 17.7 Å². The van der Waals surface area contributed by atoms with E-state index >= 15 is 0 Å². The highest BCUT2D eigenvalue weighted by atomic mass is 16.1. The molecule has 0 radical (unpaired) electrons. The van der Waals surface area contributed by atoms with Gasteiger partial charge in [-0.2, -0.15) is 10.4 Å². The van der Waals surface area contributed by atoms with Crippen molar-refractivity contribution in [2.24, 2.45) is 0 Å². The molecule has 0 unspecified atom stereocenters. The van der Waals surface area contributed by atoms with E-state index < -0.39 is 0 Å². The van der Waals surface area contributed by atoms with Gasteiger partial charge in [-0.1, -0.05) is 18.2 Å². The molecule has 0 aliphatic carbocycles. The first-order chi connectivity index (χ1) is 11.7. The maximum Gasteiger partial charge on any atom is 0.248 e. The third kappa shape index (κ3) is 3.76. The van der Waals surface area contributed by atoms with E-state index in [0.29, 0.717) is 11.3 Å². The van der Waals surface area contributed by atoms with Crippen molar-refractivity contribution in [3.05, 3.63) is 84.2 Å². The van der Waals surface area contributed by atoms with Gasteiger partial charge in [0.1, 0.15) is 0 Å². The summed E-state index contributed by atoms with van der Waals surface area (Å²) in [5, 5.41) is 15.8. The lowest BCUT2D eigenvalue weighted by molar-refractivity contribution is -0.111. The molecule has 1 N–H and O–H groups in total. The molecule has 1 heterocycles. The van der Waals surface area contributed by atoms with Crippen LogP contribution in [-0.2, 0) is 4.79 Å². The zero-order chi connectivity index (χ0) is 16.8. The van der Waals surface area contributed by atoms with Gasteiger partial charge in [-0.25, -0.2) is 4.68 Å². The molecule has 0 bridgehead atoms. The molecule has 1 aromatic heterocycles. The fourth-order valence-corrected chi connectivity index (χ4v) is 2.13. The van der Waals surface area contributed by atoms with E-state index in [-0.39, 0.29) is 5.91 Å². The molecule has 1 amide bonds. The summed E-state index contributed by atoms with van der Waals surface area (Å²) in [5.41, 5.74) is 2.98. The van der Waals surface area contributed by atoms with E-state index in [1.807, 2.05) is 42.6 Å². The highest BCUT2D eigenvalue weighted by Gasteiger charge is 2.00. The molecule has 5 heteroatoms. The lowest BCUT2D eigenvalue weighted by atomic mass is 10.2. The van der Waals surface area contributed by atoms with Crippen LogP contribution in [0.2, 0.25) is 0 Å². The SMILES string of the molecule is N#Cc1ccc(NC(=O)/C=C/c2cnn(-c3ccccc3)c2)cc1. The highest BCUT2D eigenvalue weighted by Crippen LogP contribution is 2.10. The monoisotopic (exact) mass is 314 g/mol. The molecule has 0 fully saturated rings. The highest BCUT2D eigenvalue weighted by molar-refractivity contribution is 6.01. The second-order valence-electron chi connectivity index (χ2n) is 5.07. The van der Waals surface area contributed by atoms with Crippen LogP contribution < -0.4 is 5.32 Å². The van der Waals surface area contributed by atoms with Crippen LogP contribution in [0, 0.1) is 11.3 Å². The molecular weight excluding hydrogens is 300 g/mol. The van der Waals surface area contributed by atoms with Gasteiger partial charge in [-0.15, -0.1) is 0 Å². The summed E-state index contributed by atoms with van der Waals surface area (Å²) in [5.74, 6) is -0.243. The topological polar surface area (TPSA) is 70.7 Å². The number of para-hydroxylation sites is 1. The standard InChI is InChI=1S/C19H14N4O/c20-12-15-6-9-17(10-7-15)22-19(24)11-8-16-13-21-23(14-16)18-4-2-1-3-5-18/h1-11,13-14H,(H,22,24)/b11-8+. The molecule has 3 rings (SSSR count). The van der Waals surface area contributed by atoms with Crippen molar-refractivity contribution in [2.45, 2.75) is 0 Å². The van der Waals surface area contributed by atoms with E-state index in [9.17, 15) is 4.79 Å². The number of rotatable bonds is 4. The van der Waals surface area contributed by atoms with Gasteiger partial charge in [0, 0.05) is 23.5 Å². The Kier molecular flexibility index (Phi) is 4.50. The number of benzene rings is 2. The molecule has 24 heavy (non-hydrogen) atoms. The van der Waals surface area contributed by atoms with E-state index in [2.05, 4.69) is 10.4 Å². The summed E-state index contributed by atoms with van der Waals surface area (Å²) in [7, 11) is 0. The van der Waals surface area contributed by atoms with Gasteiger partial charge >= 0.3 is 0 Å². The third-order valence-corrected chi connectivity index (χ3v) is 3.33. The number of nitriles is 1. The molecule has 3 aromatic rings. The second-order valence-corrected chi connectivity index (χ2v) is 5.07. The first-order valence-corrected chi connectivity index (χ1v) is 7.34. The van der Waals surface area contributed by atoms with Gasteiger partial charge in [0.25, 0.3) is 0 Å². The van der Waals surface area contributed by atoms with Crippen LogP contribution in [-0.4, -0.2) is 15.7 Å². The van der Waals surface area contributed by atoms with Crippen molar-refractivity contribution in [3.63, 3.8) is 0 Å². The summed E-state index contributed by atoms with van der Waals surface area (Å²) in [6.45, 7) is 0. The first kappa shape index (κ1) is 15.3. The van der Waals surface area contributed by atoms with Crippen LogP contribution in [0.4, 0.5) is 5.69 Å². The molecule has 0 saturated heterocycles. The Morgan fingerprint density at radius 1 is 1.12 bits per heavy atom. The number of nitrogens with one attached hydrogen (secondary N) is 1. The zero-order valence-corrected chi connectivity index (χ0v) is 12.8. The number of carbonyl (C=O) groups is 1. The van der Waals surface area contributed by atoms with Gasteiger partial charge in [0.15, 0.2) is 0 Å². The Hall–Kier alpha value is -3.65. The molecule has 0 spiro atoms. The molecule has 0 atom stereocenters. The average molecular weight is 314 g/mol. The molecule has 0 saturated carbocycles. The van der Waals surface area contributed by atoms with Crippen molar-refractivity contribution in [1.82, 2.24) is 9.78 Å². The maximum absolute atomic E-state index is 11.9. The number of aromatic nitrogens is 2. The van der Waals surface area contributed by atoms with Crippen LogP contribution in [0.5, 0.6) is 0 Å². The second kappa shape index (κ2) is 7.07. The smallest absolute Gasteiger partial charge is 0.248 e. The maximum atomic E-state index is 11.9. The zero-order valence-electron chi connectivity index (χ0n) is 12.8. The van der Waals surface area contributed by atoms with Crippen molar-refractivity contribution in [1.29, 1.82) is 5.26 Å². The van der Waals surface area contributed by atoms with E-state index in [1.165, 1.54) is 6.08 Å². The minimum Gasteiger partial charge on any atom is -0.323 e. The van der Waals surface area contributed by atoms with Gasteiger partial charge in [-0.3, -0.25) is 4.79 Å². The number of hydrogen-bond donors (Lipinski definition) is 1. The fourth-order valence-electron chi connectivity index (χ4n) is 2.13. The van der Waals surface area contributed by atoms with Crippen LogP contribution in [0.15, 0.2) is 73.1 Å². The number of amides is 1. The van der Waals surface area contributed by atoms with Crippen LogP contribution >= 0.6 is 0 Å². The van der Waals surface area contributed by atoms with Crippen LogP contribution in [0.25, 0.3) is 11.8 Å². The molecule has 116 valence electrons. The van der Waals surface area contributed by atoms with Crippen LogP contribution in [0.3, 0.4) is 0 Å². The number of hydrogen-bond acceptors (Lipinski definition) is 3. The molecule has 0 aliphatic heterocycles. The summed E-state index contributed by atoms with van der Waals surface area (Å²) in [4.78, 5) is 11.9. The Labute approximate surface area is 139 Å². The Morgan fingerprint density at radius 2 is 1.88 bits per heavy atom. The molecular formula is C19H14N4O.